The first-order valence-corrected chi connectivity index (χ1v) is 8.21. The quantitative estimate of drug-likeness (QED) is 0.513. The van der Waals surface area contributed by atoms with Crippen LogP contribution in [0.4, 0.5) is 0 Å². The molecule has 0 heterocycles. The standard InChI is InChI=1S/C16H19Cl2NO6/c1-10(25-13-6-5-11(17)8-12(13)18)16(22)24-9-14(20)19-7-3-4-15(21)23-2/h5-6,8,10H,3-4,7,9H2,1-2H3,(H,19,20)/t10-/m0/s1. The van der Waals surface area contributed by atoms with Crippen LogP contribution in [0.15, 0.2) is 18.2 Å². The Labute approximate surface area is 155 Å². The van der Waals surface area contributed by atoms with E-state index in [4.69, 9.17) is 32.7 Å². The molecule has 0 radical (unpaired) electrons. The minimum absolute atomic E-state index is 0.198. The van der Waals surface area contributed by atoms with Crippen LogP contribution in [0, 0.1) is 0 Å². The molecular weight excluding hydrogens is 373 g/mol. The Balaban J connectivity index is 2.30. The van der Waals surface area contributed by atoms with Crippen LogP contribution in [0.1, 0.15) is 19.8 Å². The molecule has 1 N–H and O–H groups in total. The van der Waals surface area contributed by atoms with Gasteiger partial charge < -0.3 is 19.5 Å². The van der Waals surface area contributed by atoms with E-state index in [1.807, 2.05) is 0 Å². The summed E-state index contributed by atoms with van der Waals surface area (Å²) in [6.45, 7) is 1.30. The van der Waals surface area contributed by atoms with Gasteiger partial charge in [0, 0.05) is 18.0 Å². The lowest BCUT2D eigenvalue weighted by Gasteiger charge is -2.15. The molecule has 0 unspecified atom stereocenters. The summed E-state index contributed by atoms with van der Waals surface area (Å²) < 4.78 is 14.7. The molecule has 0 fully saturated rings. The average molecular weight is 392 g/mol. The van der Waals surface area contributed by atoms with Crippen molar-refractivity contribution in [1.29, 1.82) is 0 Å². The maximum atomic E-state index is 11.8. The predicted octanol–water partition coefficient (Wildman–Crippen LogP) is 2.37. The second-order valence-electron chi connectivity index (χ2n) is 4.97. The lowest BCUT2D eigenvalue weighted by Crippen LogP contribution is -2.33. The number of amides is 1. The van der Waals surface area contributed by atoms with Crippen molar-refractivity contribution in [3.8, 4) is 5.75 Å². The summed E-state index contributed by atoms with van der Waals surface area (Å²) in [7, 11) is 1.29. The SMILES string of the molecule is COC(=O)CCCNC(=O)COC(=O)[C@H](C)Oc1ccc(Cl)cc1Cl. The molecule has 0 aliphatic rings. The third-order valence-corrected chi connectivity index (χ3v) is 3.51. The molecule has 0 aliphatic carbocycles. The third-order valence-electron chi connectivity index (χ3n) is 2.98. The van der Waals surface area contributed by atoms with E-state index in [2.05, 4.69) is 10.1 Å². The van der Waals surface area contributed by atoms with E-state index in [0.717, 1.165) is 0 Å². The normalized spacial score (nSPS) is 11.4. The van der Waals surface area contributed by atoms with Gasteiger partial charge in [0.05, 0.1) is 12.1 Å². The summed E-state index contributed by atoms with van der Waals surface area (Å²) in [5.41, 5.74) is 0. The number of ether oxygens (including phenoxy) is 3. The minimum Gasteiger partial charge on any atom is -0.477 e. The first kappa shape index (κ1) is 21.1. The van der Waals surface area contributed by atoms with E-state index in [1.165, 1.54) is 26.2 Å². The number of hydrogen-bond acceptors (Lipinski definition) is 6. The number of nitrogens with one attached hydrogen (secondary N) is 1. The van der Waals surface area contributed by atoms with Gasteiger partial charge in [-0.1, -0.05) is 23.2 Å². The third kappa shape index (κ3) is 8.09. The Kier molecular flexibility index (Phi) is 9.08. The number of benzene rings is 1. The van der Waals surface area contributed by atoms with Gasteiger partial charge in [0.1, 0.15) is 5.75 Å². The Hall–Kier alpha value is -1.99. The van der Waals surface area contributed by atoms with Gasteiger partial charge in [-0.05, 0) is 31.5 Å². The summed E-state index contributed by atoms with van der Waals surface area (Å²) in [5.74, 6) is -1.26. The Bertz CT molecular complexity index is 623. The smallest absolute Gasteiger partial charge is 0.347 e. The second kappa shape index (κ2) is 10.8. The van der Waals surface area contributed by atoms with E-state index < -0.39 is 24.6 Å². The van der Waals surface area contributed by atoms with Crippen LogP contribution in [0.3, 0.4) is 0 Å². The molecule has 0 bridgehead atoms. The molecule has 1 atom stereocenters. The molecule has 1 aromatic rings. The molecule has 0 saturated heterocycles. The van der Waals surface area contributed by atoms with Gasteiger partial charge in [-0.2, -0.15) is 0 Å². The molecule has 0 aliphatic heterocycles. The summed E-state index contributed by atoms with van der Waals surface area (Å²) in [5, 5.41) is 3.22. The van der Waals surface area contributed by atoms with E-state index >= 15 is 0 Å². The van der Waals surface area contributed by atoms with Crippen LogP contribution in [0.25, 0.3) is 0 Å². The lowest BCUT2D eigenvalue weighted by atomic mass is 10.3. The van der Waals surface area contributed by atoms with E-state index in [0.29, 0.717) is 11.4 Å². The van der Waals surface area contributed by atoms with Crippen LogP contribution >= 0.6 is 23.2 Å². The van der Waals surface area contributed by atoms with Gasteiger partial charge in [-0.25, -0.2) is 4.79 Å². The zero-order valence-electron chi connectivity index (χ0n) is 13.8. The van der Waals surface area contributed by atoms with E-state index in [-0.39, 0.29) is 29.7 Å². The molecule has 1 amide bonds. The van der Waals surface area contributed by atoms with E-state index in [9.17, 15) is 14.4 Å². The highest BCUT2D eigenvalue weighted by molar-refractivity contribution is 6.35. The molecular formula is C16H19Cl2NO6. The highest BCUT2D eigenvalue weighted by atomic mass is 35.5. The fourth-order valence-electron chi connectivity index (χ4n) is 1.68. The lowest BCUT2D eigenvalue weighted by molar-refractivity contribution is -0.154. The molecule has 25 heavy (non-hydrogen) atoms. The molecule has 1 aromatic carbocycles. The summed E-state index contributed by atoms with van der Waals surface area (Å²) in [6, 6.07) is 4.59. The van der Waals surface area contributed by atoms with Crippen LogP contribution < -0.4 is 10.1 Å². The molecule has 0 saturated carbocycles. The fourth-order valence-corrected chi connectivity index (χ4v) is 2.13. The zero-order chi connectivity index (χ0) is 18.8. The number of carbonyl (C=O) groups is 3. The fraction of sp³-hybridized carbons (Fsp3) is 0.438. The number of esters is 2. The van der Waals surface area contributed by atoms with Crippen LogP contribution in [0.5, 0.6) is 5.75 Å². The molecule has 7 nitrogen and oxygen atoms in total. The first-order valence-electron chi connectivity index (χ1n) is 7.45. The number of rotatable bonds is 9. The van der Waals surface area contributed by atoms with Crippen molar-refractivity contribution in [1.82, 2.24) is 5.32 Å². The van der Waals surface area contributed by atoms with Gasteiger partial charge in [0.15, 0.2) is 12.7 Å². The van der Waals surface area contributed by atoms with Crippen LogP contribution in [-0.4, -0.2) is 44.2 Å². The van der Waals surface area contributed by atoms with Gasteiger partial charge >= 0.3 is 11.9 Å². The number of hydrogen-bond donors (Lipinski definition) is 1. The monoisotopic (exact) mass is 391 g/mol. The summed E-state index contributed by atoms with van der Waals surface area (Å²) in [4.78, 5) is 34.3. The highest BCUT2D eigenvalue weighted by Crippen LogP contribution is 2.28. The Morgan fingerprint density at radius 3 is 2.60 bits per heavy atom. The molecule has 138 valence electrons. The highest BCUT2D eigenvalue weighted by Gasteiger charge is 2.19. The Morgan fingerprint density at radius 1 is 1.24 bits per heavy atom. The maximum Gasteiger partial charge on any atom is 0.347 e. The molecule has 0 aromatic heterocycles. The number of halogens is 2. The second-order valence-corrected chi connectivity index (χ2v) is 5.82. The number of methoxy groups -OCH3 is 1. The van der Waals surface area contributed by atoms with Crippen molar-refractivity contribution >= 4 is 41.0 Å². The topological polar surface area (TPSA) is 90.9 Å². The summed E-state index contributed by atoms with van der Waals surface area (Å²) >= 11 is 11.7. The average Bonchev–Trinajstić information content (AvgIpc) is 2.58. The molecule has 0 spiro atoms. The van der Waals surface area contributed by atoms with Crippen molar-refractivity contribution in [2.75, 3.05) is 20.3 Å². The predicted molar refractivity (Wildman–Crippen MR) is 91.8 cm³/mol. The molecule has 9 heteroatoms. The van der Waals surface area contributed by atoms with Gasteiger partial charge in [0.2, 0.25) is 0 Å². The molecule has 1 rings (SSSR count). The van der Waals surface area contributed by atoms with Gasteiger partial charge in [-0.15, -0.1) is 0 Å². The largest absolute Gasteiger partial charge is 0.477 e. The van der Waals surface area contributed by atoms with Crippen LogP contribution in [-0.2, 0) is 23.9 Å². The first-order chi connectivity index (χ1) is 11.8. The van der Waals surface area contributed by atoms with Crippen molar-refractivity contribution in [2.45, 2.75) is 25.9 Å². The summed E-state index contributed by atoms with van der Waals surface area (Å²) in [6.07, 6.45) is -0.324. The van der Waals surface area contributed by atoms with Gasteiger partial charge in [-0.3, -0.25) is 9.59 Å². The van der Waals surface area contributed by atoms with Crippen LogP contribution in [0.2, 0.25) is 10.0 Å². The van der Waals surface area contributed by atoms with Gasteiger partial charge in [0.25, 0.3) is 5.91 Å². The minimum atomic E-state index is -0.953. The number of carbonyl (C=O) groups excluding carboxylic acids is 3. The van der Waals surface area contributed by atoms with Crippen molar-refractivity contribution < 1.29 is 28.6 Å². The zero-order valence-corrected chi connectivity index (χ0v) is 15.4. The maximum absolute atomic E-state index is 11.8. The van der Waals surface area contributed by atoms with Crippen molar-refractivity contribution in [3.63, 3.8) is 0 Å². The Morgan fingerprint density at radius 2 is 1.96 bits per heavy atom. The van der Waals surface area contributed by atoms with Crippen molar-refractivity contribution in [2.24, 2.45) is 0 Å². The van der Waals surface area contributed by atoms with Crippen molar-refractivity contribution in [3.05, 3.63) is 28.2 Å². The van der Waals surface area contributed by atoms with E-state index in [1.54, 1.807) is 6.07 Å².